The minimum absolute atomic E-state index is 0.0568. The second-order valence-corrected chi connectivity index (χ2v) is 12.9. The zero-order valence-corrected chi connectivity index (χ0v) is 25.0. The molecule has 1 heterocycles. The van der Waals surface area contributed by atoms with Crippen LogP contribution >= 0.6 is 11.3 Å². The van der Waals surface area contributed by atoms with Crippen LogP contribution in [0.15, 0.2) is 68.6 Å². The number of nitrogens with zero attached hydrogens (tertiary/aromatic N) is 3. The summed E-state index contributed by atoms with van der Waals surface area (Å²) in [5.74, 6) is -1.53. The number of carbonyl (C=O) groups excluding carboxylic acids is 2. The lowest BCUT2D eigenvalue weighted by molar-refractivity contribution is -0.126. The summed E-state index contributed by atoms with van der Waals surface area (Å²) in [7, 11) is -7.75. The molecule has 1 amide bonds. The van der Waals surface area contributed by atoms with Gasteiger partial charge in [0.15, 0.2) is 5.78 Å². The number of aryl methyl sites for hydroxylation is 2. The van der Waals surface area contributed by atoms with Gasteiger partial charge in [-0.1, -0.05) is 6.07 Å². The monoisotopic (exact) mass is 632 g/mol. The number of Topliss-reactive ketones (excluding diaryl/α,β-unsaturated/α-hetero) is 1. The van der Waals surface area contributed by atoms with Crippen molar-refractivity contribution in [1.29, 1.82) is 0 Å². The number of hydrogen-bond donors (Lipinski definition) is 3. The summed E-state index contributed by atoms with van der Waals surface area (Å²) in [5, 5.41) is 10.9. The van der Waals surface area contributed by atoms with Crippen LogP contribution in [0.2, 0.25) is 0 Å². The van der Waals surface area contributed by atoms with Crippen LogP contribution in [0, 0.1) is 13.8 Å². The lowest BCUT2D eigenvalue weighted by Crippen LogP contribution is -2.32. The van der Waals surface area contributed by atoms with Gasteiger partial charge in [0.25, 0.3) is 26.1 Å². The van der Waals surface area contributed by atoms with Crippen molar-refractivity contribution >= 4 is 64.9 Å². The topological polar surface area (TPSA) is 202 Å². The third kappa shape index (κ3) is 6.52. The van der Waals surface area contributed by atoms with E-state index >= 15 is 0 Å². The van der Waals surface area contributed by atoms with Crippen LogP contribution in [0.3, 0.4) is 0 Å². The summed E-state index contributed by atoms with van der Waals surface area (Å²) in [5.41, 5.74) is 1.93. The Kier molecular flexibility index (Phi) is 8.56. The Morgan fingerprint density at radius 1 is 0.976 bits per heavy atom. The van der Waals surface area contributed by atoms with Gasteiger partial charge >= 0.3 is 0 Å². The fourth-order valence-electron chi connectivity index (χ4n) is 4.04. The molecule has 4 aromatic rings. The van der Waals surface area contributed by atoms with Crippen molar-refractivity contribution in [2.24, 2.45) is 10.2 Å². The molecule has 220 valence electrons. The maximum atomic E-state index is 12.9. The molecule has 0 bridgehead atoms. The third-order valence-electron chi connectivity index (χ3n) is 6.04. The first-order valence-corrected chi connectivity index (χ1v) is 15.7. The number of hydrogen-bond acceptors (Lipinski definition) is 11. The number of ketones is 1. The van der Waals surface area contributed by atoms with E-state index in [2.05, 4.69) is 20.5 Å². The summed E-state index contributed by atoms with van der Waals surface area (Å²) in [6.45, 7) is 4.14. The van der Waals surface area contributed by atoms with Gasteiger partial charge in [-0.25, -0.2) is 4.98 Å². The van der Waals surface area contributed by atoms with Crippen molar-refractivity contribution in [2.45, 2.75) is 36.6 Å². The summed E-state index contributed by atoms with van der Waals surface area (Å²) in [6, 6.07) is 10.4. The van der Waals surface area contributed by atoms with Crippen molar-refractivity contribution < 1.29 is 40.3 Å². The maximum Gasteiger partial charge on any atom is 0.296 e. The Labute approximate surface area is 244 Å². The molecule has 0 spiro atoms. The fourth-order valence-corrected chi connectivity index (χ4v) is 7.08. The van der Waals surface area contributed by atoms with Crippen LogP contribution in [-0.2, 0) is 29.8 Å². The largest absolute Gasteiger partial charge is 0.495 e. The van der Waals surface area contributed by atoms with Gasteiger partial charge in [0, 0.05) is 11.6 Å². The molecule has 42 heavy (non-hydrogen) atoms. The molecule has 3 N–H and O–H groups in total. The maximum absolute atomic E-state index is 12.9. The highest BCUT2D eigenvalue weighted by Gasteiger charge is 2.26. The van der Waals surface area contributed by atoms with Gasteiger partial charge in [0.1, 0.15) is 20.5 Å². The second kappa shape index (κ2) is 11.7. The first-order valence-electron chi connectivity index (χ1n) is 12.0. The Bertz CT molecular complexity index is 1970. The highest BCUT2D eigenvalue weighted by atomic mass is 32.2. The van der Waals surface area contributed by atoms with Gasteiger partial charge in [0.2, 0.25) is 6.04 Å². The van der Waals surface area contributed by atoms with E-state index in [-0.39, 0.29) is 21.9 Å². The van der Waals surface area contributed by atoms with Gasteiger partial charge < -0.3 is 10.1 Å². The summed E-state index contributed by atoms with van der Waals surface area (Å²) in [6.07, 6.45) is 0. The number of nitrogens with one attached hydrogen (secondary N) is 1. The standard InChI is InChI=1S/C26H24N4O9S3/c1-13-5-10-18-23(24(13)42(36,37)38)40-26(28-18)16-6-8-17(9-7-16)29-30-22(15(3)31)25(32)27-19-11-14(2)21(41(33,34)35)12-20(19)39-4/h5-12,22H,1-4H3,(H,27,32)(H,33,34,35)(H,36,37,38)/t22-/m0/s1. The molecular weight excluding hydrogens is 609 g/mol. The number of amides is 1. The predicted molar refractivity (Wildman–Crippen MR) is 155 cm³/mol. The Morgan fingerprint density at radius 2 is 1.64 bits per heavy atom. The van der Waals surface area contributed by atoms with E-state index in [1.807, 2.05) is 0 Å². The van der Waals surface area contributed by atoms with Gasteiger partial charge in [-0.05, 0) is 68.3 Å². The average molecular weight is 633 g/mol. The molecule has 3 aromatic carbocycles. The molecule has 0 unspecified atom stereocenters. The molecule has 13 nitrogen and oxygen atoms in total. The van der Waals surface area contributed by atoms with Crippen molar-refractivity contribution in [2.75, 3.05) is 12.4 Å². The number of ether oxygens (including phenoxy) is 1. The number of azo groups is 1. The molecule has 0 saturated carbocycles. The minimum Gasteiger partial charge on any atom is -0.495 e. The number of aromatic nitrogens is 1. The molecule has 0 radical (unpaired) electrons. The summed E-state index contributed by atoms with van der Waals surface area (Å²) < 4.78 is 71.5. The first-order chi connectivity index (χ1) is 19.6. The van der Waals surface area contributed by atoms with E-state index < -0.39 is 42.9 Å². The molecule has 1 aromatic heterocycles. The molecule has 0 aliphatic rings. The average Bonchev–Trinajstić information content (AvgIpc) is 3.31. The van der Waals surface area contributed by atoms with E-state index in [9.17, 15) is 35.5 Å². The third-order valence-corrected chi connectivity index (χ3v) is 9.34. The quantitative estimate of drug-likeness (QED) is 0.131. The molecule has 4 rings (SSSR count). The van der Waals surface area contributed by atoms with E-state index in [0.29, 0.717) is 32.0 Å². The molecule has 1 atom stereocenters. The van der Waals surface area contributed by atoms with Gasteiger partial charge in [-0.15, -0.1) is 11.3 Å². The summed E-state index contributed by atoms with van der Waals surface area (Å²) in [4.78, 5) is 29.0. The van der Waals surface area contributed by atoms with E-state index in [0.717, 1.165) is 24.3 Å². The number of thiazole rings is 1. The van der Waals surface area contributed by atoms with Crippen molar-refractivity contribution in [3.63, 3.8) is 0 Å². The SMILES string of the molecule is COc1cc(S(=O)(=O)O)c(C)cc1NC(=O)[C@@H](N=Nc1ccc(-c2nc3ccc(C)c(S(=O)(=O)O)c3s2)cc1)C(C)=O. The number of anilines is 1. The molecule has 16 heteroatoms. The summed E-state index contributed by atoms with van der Waals surface area (Å²) >= 11 is 1.10. The predicted octanol–water partition coefficient (Wildman–Crippen LogP) is 4.76. The fraction of sp³-hybridized carbons (Fsp3) is 0.192. The molecule has 0 aliphatic heterocycles. The molecular formula is C26H24N4O9S3. The number of carbonyl (C=O) groups is 2. The number of rotatable bonds is 9. The lowest BCUT2D eigenvalue weighted by Gasteiger charge is -2.15. The van der Waals surface area contributed by atoms with Gasteiger partial charge in [-0.3, -0.25) is 18.7 Å². The van der Waals surface area contributed by atoms with Crippen LogP contribution in [0.1, 0.15) is 18.1 Å². The second-order valence-electron chi connectivity index (χ2n) is 9.11. The van der Waals surface area contributed by atoms with Crippen LogP contribution in [0.4, 0.5) is 11.4 Å². The van der Waals surface area contributed by atoms with Crippen LogP contribution in [0.5, 0.6) is 5.75 Å². The van der Waals surface area contributed by atoms with E-state index in [1.54, 1.807) is 43.3 Å². The Balaban J connectivity index is 1.57. The van der Waals surface area contributed by atoms with E-state index in [1.165, 1.54) is 20.1 Å². The Morgan fingerprint density at radius 3 is 2.21 bits per heavy atom. The highest BCUT2D eigenvalue weighted by molar-refractivity contribution is 7.86. The smallest absolute Gasteiger partial charge is 0.296 e. The van der Waals surface area contributed by atoms with Crippen molar-refractivity contribution in [3.05, 3.63) is 59.7 Å². The minimum atomic E-state index is -4.54. The number of fused-ring (bicyclic) bond motifs is 1. The van der Waals surface area contributed by atoms with E-state index in [4.69, 9.17) is 4.74 Å². The zero-order valence-electron chi connectivity index (χ0n) is 22.5. The molecule has 0 fully saturated rings. The van der Waals surface area contributed by atoms with Gasteiger partial charge in [-0.2, -0.15) is 27.1 Å². The zero-order chi connectivity index (χ0) is 31.0. The van der Waals surface area contributed by atoms with Crippen LogP contribution in [-0.4, -0.2) is 55.8 Å². The molecule has 0 saturated heterocycles. The first kappa shape index (κ1) is 30.9. The normalized spacial score (nSPS) is 12.9. The number of benzene rings is 3. The highest BCUT2D eigenvalue weighted by Crippen LogP contribution is 2.36. The van der Waals surface area contributed by atoms with Crippen molar-refractivity contribution in [3.8, 4) is 16.3 Å². The Hall–Kier alpha value is -4.09. The molecule has 0 aliphatic carbocycles. The van der Waals surface area contributed by atoms with Gasteiger partial charge in [0.05, 0.1) is 28.7 Å². The number of methoxy groups -OCH3 is 1. The van der Waals surface area contributed by atoms with Crippen LogP contribution in [0.25, 0.3) is 20.8 Å². The van der Waals surface area contributed by atoms with Crippen molar-refractivity contribution in [1.82, 2.24) is 4.98 Å². The lowest BCUT2D eigenvalue weighted by atomic mass is 10.1. The van der Waals surface area contributed by atoms with Crippen LogP contribution < -0.4 is 10.1 Å².